The zero-order valence-electron chi connectivity index (χ0n) is 17.5. The van der Waals surface area contributed by atoms with E-state index in [1.165, 1.54) is 0 Å². The Morgan fingerprint density at radius 3 is 2.13 bits per heavy atom. The van der Waals surface area contributed by atoms with E-state index < -0.39 is 18.2 Å². The molecule has 160 valence electrons. The van der Waals surface area contributed by atoms with E-state index in [9.17, 15) is 15.0 Å². The fourth-order valence-corrected chi connectivity index (χ4v) is 4.50. The summed E-state index contributed by atoms with van der Waals surface area (Å²) in [5.74, 6) is -0.516. The second-order valence-corrected chi connectivity index (χ2v) is 8.42. The van der Waals surface area contributed by atoms with Gasteiger partial charge in [-0.15, -0.1) is 0 Å². The standard InChI is InChI=1S/C27H29NO3/c29-23(16-20-11-5-2-6-12-20)17-22(15-19-9-3-1-4-10-19)27(31)28-26-24-14-8-7-13-21(24)18-25(26)30/h1-14,22-23,25-26,29-30H,15-18H2,(H,28,31)/t22?,23?,25-,26+/m1/s1. The van der Waals surface area contributed by atoms with E-state index in [0.29, 0.717) is 25.7 Å². The van der Waals surface area contributed by atoms with Gasteiger partial charge in [-0.25, -0.2) is 0 Å². The van der Waals surface area contributed by atoms with Crippen molar-refractivity contribution in [3.8, 4) is 0 Å². The predicted molar refractivity (Wildman–Crippen MR) is 121 cm³/mol. The summed E-state index contributed by atoms with van der Waals surface area (Å²) in [5, 5.41) is 24.4. The van der Waals surface area contributed by atoms with Crippen LogP contribution in [0.4, 0.5) is 0 Å². The number of fused-ring (bicyclic) bond motifs is 1. The molecule has 4 heteroatoms. The van der Waals surface area contributed by atoms with Crippen molar-refractivity contribution in [2.45, 2.75) is 43.9 Å². The van der Waals surface area contributed by atoms with Crippen molar-refractivity contribution in [1.29, 1.82) is 0 Å². The van der Waals surface area contributed by atoms with Crippen LogP contribution in [0.15, 0.2) is 84.9 Å². The molecule has 3 aromatic rings. The molecule has 2 unspecified atom stereocenters. The number of carbonyl (C=O) groups is 1. The lowest BCUT2D eigenvalue weighted by Gasteiger charge is -2.24. The highest BCUT2D eigenvalue weighted by atomic mass is 16.3. The summed E-state index contributed by atoms with van der Waals surface area (Å²) < 4.78 is 0. The quantitative estimate of drug-likeness (QED) is 0.526. The first kappa shape index (κ1) is 21.3. The highest BCUT2D eigenvalue weighted by Gasteiger charge is 2.34. The van der Waals surface area contributed by atoms with Gasteiger partial charge in [0.05, 0.1) is 18.2 Å². The number of hydrogen-bond acceptors (Lipinski definition) is 3. The first-order valence-electron chi connectivity index (χ1n) is 10.9. The molecule has 0 saturated carbocycles. The van der Waals surface area contributed by atoms with Crippen molar-refractivity contribution in [1.82, 2.24) is 5.32 Å². The third kappa shape index (κ3) is 5.40. The van der Waals surface area contributed by atoms with Crippen LogP contribution in [0, 0.1) is 5.92 Å². The summed E-state index contributed by atoms with van der Waals surface area (Å²) in [6.07, 6.45) is 0.703. The van der Waals surface area contributed by atoms with Gasteiger partial charge in [-0.3, -0.25) is 4.79 Å². The minimum absolute atomic E-state index is 0.128. The summed E-state index contributed by atoms with van der Waals surface area (Å²) in [7, 11) is 0. The Kier molecular flexibility index (Phi) is 6.80. The Morgan fingerprint density at radius 1 is 0.871 bits per heavy atom. The molecule has 0 saturated heterocycles. The van der Waals surface area contributed by atoms with Crippen LogP contribution in [-0.2, 0) is 24.1 Å². The molecule has 0 aliphatic heterocycles. The largest absolute Gasteiger partial charge is 0.393 e. The lowest BCUT2D eigenvalue weighted by molar-refractivity contribution is -0.127. The van der Waals surface area contributed by atoms with Gasteiger partial charge in [-0.05, 0) is 41.5 Å². The topological polar surface area (TPSA) is 69.6 Å². The van der Waals surface area contributed by atoms with Crippen LogP contribution in [0.25, 0.3) is 0 Å². The molecule has 31 heavy (non-hydrogen) atoms. The molecule has 0 bridgehead atoms. The van der Waals surface area contributed by atoms with Gasteiger partial charge in [-0.1, -0.05) is 84.9 Å². The van der Waals surface area contributed by atoms with Gasteiger partial charge in [-0.2, -0.15) is 0 Å². The number of nitrogens with one attached hydrogen (secondary N) is 1. The SMILES string of the molecule is O=C(N[C@H]1c2ccccc2C[C@H]1O)C(Cc1ccccc1)CC(O)Cc1ccccc1. The minimum Gasteiger partial charge on any atom is -0.393 e. The Bertz CT molecular complexity index is 990. The Balaban J connectivity index is 1.48. The molecular weight excluding hydrogens is 386 g/mol. The summed E-state index contributed by atoms with van der Waals surface area (Å²) >= 11 is 0. The van der Waals surface area contributed by atoms with Gasteiger partial charge < -0.3 is 15.5 Å². The van der Waals surface area contributed by atoms with Gasteiger partial charge in [0, 0.05) is 12.3 Å². The van der Waals surface area contributed by atoms with Crippen LogP contribution in [-0.4, -0.2) is 28.3 Å². The number of aliphatic hydroxyl groups is 2. The summed E-state index contributed by atoms with van der Waals surface area (Å²) in [5.41, 5.74) is 4.16. The summed E-state index contributed by atoms with van der Waals surface area (Å²) in [4.78, 5) is 13.3. The van der Waals surface area contributed by atoms with Crippen LogP contribution in [0.5, 0.6) is 0 Å². The smallest absolute Gasteiger partial charge is 0.224 e. The Hall–Kier alpha value is -2.95. The van der Waals surface area contributed by atoms with Gasteiger partial charge in [0.1, 0.15) is 0 Å². The van der Waals surface area contributed by atoms with E-state index in [1.807, 2.05) is 84.9 Å². The number of hydrogen-bond donors (Lipinski definition) is 3. The van der Waals surface area contributed by atoms with E-state index >= 15 is 0 Å². The molecule has 0 aromatic heterocycles. The maximum atomic E-state index is 13.3. The van der Waals surface area contributed by atoms with Crippen molar-refractivity contribution < 1.29 is 15.0 Å². The average Bonchev–Trinajstić information content (AvgIpc) is 3.09. The van der Waals surface area contributed by atoms with Gasteiger partial charge in [0.15, 0.2) is 0 Å². The molecule has 3 aromatic carbocycles. The van der Waals surface area contributed by atoms with Gasteiger partial charge in [0.2, 0.25) is 5.91 Å². The van der Waals surface area contributed by atoms with E-state index in [4.69, 9.17) is 0 Å². The number of carbonyl (C=O) groups excluding carboxylic acids is 1. The predicted octanol–water partition coefficient (Wildman–Crippen LogP) is 3.61. The lowest BCUT2D eigenvalue weighted by atomic mass is 9.90. The molecule has 1 aliphatic rings. The van der Waals surface area contributed by atoms with Crippen LogP contribution in [0.1, 0.15) is 34.7 Å². The van der Waals surface area contributed by atoms with Crippen LogP contribution >= 0.6 is 0 Å². The zero-order valence-corrected chi connectivity index (χ0v) is 17.5. The molecule has 0 radical (unpaired) electrons. The van der Waals surface area contributed by atoms with E-state index in [1.54, 1.807) is 0 Å². The first-order valence-corrected chi connectivity index (χ1v) is 10.9. The van der Waals surface area contributed by atoms with Crippen LogP contribution < -0.4 is 5.32 Å². The molecule has 4 nitrogen and oxygen atoms in total. The third-order valence-electron chi connectivity index (χ3n) is 6.07. The van der Waals surface area contributed by atoms with Crippen molar-refractivity contribution in [2.24, 2.45) is 5.92 Å². The van der Waals surface area contributed by atoms with E-state index in [2.05, 4.69) is 5.32 Å². The van der Waals surface area contributed by atoms with Crippen LogP contribution in [0.3, 0.4) is 0 Å². The van der Waals surface area contributed by atoms with Crippen LogP contribution in [0.2, 0.25) is 0 Å². The van der Waals surface area contributed by atoms with Crippen molar-refractivity contribution in [2.75, 3.05) is 0 Å². The van der Waals surface area contributed by atoms with Crippen molar-refractivity contribution >= 4 is 5.91 Å². The molecular formula is C27H29NO3. The van der Waals surface area contributed by atoms with E-state index in [-0.39, 0.29) is 11.8 Å². The van der Waals surface area contributed by atoms with Gasteiger partial charge in [0.25, 0.3) is 0 Å². The number of rotatable bonds is 8. The maximum Gasteiger partial charge on any atom is 0.224 e. The second kappa shape index (κ2) is 9.90. The molecule has 4 rings (SSSR count). The summed E-state index contributed by atoms with van der Waals surface area (Å²) in [6, 6.07) is 27.1. The molecule has 0 heterocycles. The van der Waals surface area contributed by atoms with Crippen molar-refractivity contribution in [3.63, 3.8) is 0 Å². The van der Waals surface area contributed by atoms with Crippen molar-refractivity contribution in [3.05, 3.63) is 107 Å². The highest BCUT2D eigenvalue weighted by Crippen LogP contribution is 2.32. The van der Waals surface area contributed by atoms with E-state index in [0.717, 1.165) is 22.3 Å². The Morgan fingerprint density at radius 2 is 1.45 bits per heavy atom. The molecule has 0 spiro atoms. The zero-order chi connectivity index (χ0) is 21.6. The normalized spacial score (nSPS) is 19.4. The molecule has 1 amide bonds. The Labute approximate surface area is 183 Å². The average molecular weight is 416 g/mol. The monoisotopic (exact) mass is 415 g/mol. The molecule has 1 aliphatic carbocycles. The lowest BCUT2D eigenvalue weighted by Crippen LogP contribution is -2.39. The summed E-state index contributed by atoms with van der Waals surface area (Å²) in [6.45, 7) is 0. The number of aliphatic hydroxyl groups excluding tert-OH is 2. The highest BCUT2D eigenvalue weighted by molar-refractivity contribution is 5.79. The maximum absolute atomic E-state index is 13.3. The molecule has 4 atom stereocenters. The number of amides is 1. The fourth-order valence-electron chi connectivity index (χ4n) is 4.50. The third-order valence-corrected chi connectivity index (χ3v) is 6.07. The first-order chi connectivity index (χ1) is 15.1. The number of benzene rings is 3. The van der Waals surface area contributed by atoms with Gasteiger partial charge >= 0.3 is 0 Å². The second-order valence-electron chi connectivity index (χ2n) is 8.42. The fraction of sp³-hybridized carbons (Fsp3) is 0.296. The minimum atomic E-state index is -0.632. The molecule has 0 fully saturated rings. The molecule has 3 N–H and O–H groups in total.